The normalized spacial score (nSPS) is 11.9. The Morgan fingerprint density at radius 2 is 1.43 bits per heavy atom. The molecule has 1 amide bonds. The van der Waals surface area contributed by atoms with E-state index in [1.165, 1.54) is 0 Å². The molecule has 0 radical (unpaired) electrons. The maximum Gasteiger partial charge on any atom is 0.281 e. The van der Waals surface area contributed by atoms with E-state index in [0.717, 1.165) is 0 Å². The lowest BCUT2D eigenvalue weighted by Gasteiger charge is -2.27. The van der Waals surface area contributed by atoms with Crippen LogP contribution < -0.4 is 5.43 Å². The molecule has 0 saturated carbocycles. The molecular formula is C22H18Cl2N2O2. The first-order chi connectivity index (χ1) is 13.4. The summed E-state index contributed by atoms with van der Waals surface area (Å²) in [6.07, 6.45) is 0. The van der Waals surface area contributed by atoms with Gasteiger partial charge >= 0.3 is 0 Å². The molecule has 142 valence electrons. The number of hydrogen-bond donors (Lipinski definition) is 2. The van der Waals surface area contributed by atoms with E-state index in [-0.39, 0.29) is 0 Å². The lowest BCUT2D eigenvalue weighted by molar-refractivity contribution is -0.136. The molecule has 0 saturated heterocycles. The highest BCUT2D eigenvalue weighted by atomic mass is 35.5. The molecular weight excluding hydrogens is 395 g/mol. The number of carbonyl (C=O) groups excluding carboxylic acids is 1. The van der Waals surface area contributed by atoms with Crippen LogP contribution in [0.15, 0.2) is 84.0 Å². The highest BCUT2D eigenvalue weighted by Crippen LogP contribution is 2.30. The van der Waals surface area contributed by atoms with Crippen LogP contribution in [0.25, 0.3) is 0 Å². The lowest BCUT2D eigenvalue weighted by atomic mass is 9.85. The summed E-state index contributed by atoms with van der Waals surface area (Å²) in [4.78, 5) is 13.0. The van der Waals surface area contributed by atoms with Crippen molar-refractivity contribution in [3.63, 3.8) is 0 Å². The Bertz CT molecular complexity index is 966. The van der Waals surface area contributed by atoms with Gasteiger partial charge in [-0.05, 0) is 35.7 Å². The van der Waals surface area contributed by atoms with E-state index in [0.29, 0.717) is 32.4 Å². The summed E-state index contributed by atoms with van der Waals surface area (Å²) in [5, 5.41) is 16.3. The minimum Gasteiger partial charge on any atom is -0.372 e. The van der Waals surface area contributed by atoms with Crippen LogP contribution in [0.2, 0.25) is 10.0 Å². The molecule has 4 nitrogen and oxygen atoms in total. The number of amides is 1. The number of benzene rings is 3. The molecule has 6 heteroatoms. The SMILES string of the molecule is C/C(=N\NC(=O)C(O)(c1ccccc1)c1ccccc1)c1ccc(Cl)c(Cl)c1. The molecule has 0 unspecified atom stereocenters. The molecule has 3 aromatic rings. The van der Waals surface area contributed by atoms with E-state index in [4.69, 9.17) is 23.2 Å². The van der Waals surface area contributed by atoms with Crippen molar-refractivity contribution < 1.29 is 9.90 Å². The van der Waals surface area contributed by atoms with Gasteiger partial charge < -0.3 is 5.11 Å². The lowest BCUT2D eigenvalue weighted by Crippen LogP contribution is -2.43. The number of carbonyl (C=O) groups is 1. The molecule has 0 spiro atoms. The van der Waals surface area contributed by atoms with Gasteiger partial charge in [0.1, 0.15) is 0 Å². The van der Waals surface area contributed by atoms with Crippen molar-refractivity contribution in [1.82, 2.24) is 5.43 Å². The van der Waals surface area contributed by atoms with Crippen LogP contribution in [0.4, 0.5) is 0 Å². The van der Waals surface area contributed by atoms with Gasteiger partial charge in [0.15, 0.2) is 5.60 Å². The molecule has 0 atom stereocenters. The van der Waals surface area contributed by atoms with Crippen molar-refractivity contribution in [3.8, 4) is 0 Å². The molecule has 0 fully saturated rings. The molecule has 0 aromatic heterocycles. The monoisotopic (exact) mass is 412 g/mol. The van der Waals surface area contributed by atoms with Gasteiger partial charge in [-0.3, -0.25) is 4.79 Å². The van der Waals surface area contributed by atoms with Crippen molar-refractivity contribution in [2.24, 2.45) is 5.10 Å². The number of nitrogens with one attached hydrogen (secondary N) is 1. The van der Waals surface area contributed by atoms with Gasteiger partial charge in [-0.1, -0.05) is 89.9 Å². The van der Waals surface area contributed by atoms with Gasteiger partial charge in [-0.2, -0.15) is 5.10 Å². The third-order valence-electron chi connectivity index (χ3n) is 4.37. The smallest absolute Gasteiger partial charge is 0.281 e. The minimum atomic E-state index is -1.88. The Hall–Kier alpha value is -2.66. The predicted molar refractivity (Wildman–Crippen MR) is 113 cm³/mol. The van der Waals surface area contributed by atoms with Crippen LogP contribution >= 0.6 is 23.2 Å². The standard InChI is InChI=1S/C22H18Cl2N2O2/c1-15(16-12-13-19(23)20(24)14-16)25-26-21(27)22(28,17-8-4-2-5-9-17)18-10-6-3-7-11-18/h2-14,28H,1H3,(H,26,27)/b25-15+. The van der Waals surface area contributed by atoms with Crippen LogP contribution in [0.3, 0.4) is 0 Å². The third kappa shape index (κ3) is 4.09. The minimum absolute atomic E-state index is 0.394. The number of aliphatic hydroxyl groups is 1. The van der Waals surface area contributed by atoms with Crippen LogP contribution in [0, 0.1) is 0 Å². The first-order valence-electron chi connectivity index (χ1n) is 8.56. The largest absolute Gasteiger partial charge is 0.372 e. The summed E-state index contributed by atoms with van der Waals surface area (Å²) in [5.41, 5.74) is 2.71. The Kier molecular flexibility index (Phi) is 6.15. The van der Waals surface area contributed by atoms with Crippen molar-refractivity contribution in [1.29, 1.82) is 0 Å². The van der Waals surface area contributed by atoms with Gasteiger partial charge in [-0.15, -0.1) is 0 Å². The fourth-order valence-corrected chi connectivity index (χ4v) is 3.09. The maximum absolute atomic E-state index is 13.0. The molecule has 0 aliphatic carbocycles. The average molecular weight is 413 g/mol. The molecule has 0 aliphatic heterocycles. The summed E-state index contributed by atoms with van der Waals surface area (Å²) in [6, 6.07) is 22.6. The second-order valence-electron chi connectivity index (χ2n) is 6.21. The van der Waals surface area contributed by atoms with Gasteiger partial charge in [0.05, 0.1) is 15.8 Å². The van der Waals surface area contributed by atoms with Gasteiger partial charge in [0.2, 0.25) is 0 Å². The topological polar surface area (TPSA) is 61.7 Å². The van der Waals surface area contributed by atoms with E-state index >= 15 is 0 Å². The Labute approximate surface area is 173 Å². The quantitative estimate of drug-likeness (QED) is 0.468. The number of hydrogen-bond acceptors (Lipinski definition) is 3. The maximum atomic E-state index is 13.0. The Morgan fingerprint density at radius 3 is 1.93 bits per heavy atom. The van der Waals surface area contributed by atoms with Crippen molar-refractivity contribution in [3.05, 3.63) is 106 Å². The summed E-state index contributed by atoms with van der Waals surface area (Å²) in [7, 11) is 0. The predicted octanol–water partition coefficient (Wildman–Crippen LogP) is 4.77. The Morgan fingerprint density at radius 1 is 0.893 bits per heavy atom. The van der Waals surface area contributed by atoms with Crippen molar-refractivity contribution in [2.75, 3.05) is 0 Å². The van der Waals surface area contributed by atoms with E-state index in [9.17, 15) is 9.90 Å². The third-order valence-corrected chi connectivity index (χ3v) is 5.11. The van der Waals surface area contributed by atoms with E-state index in [1.807, 2.05) is 12.1 Å². The molecule has 3 rings (SSSR count). The van der Waals surface area contributed by atoms with Crippen molar-refractivity contribution >= 4 is 34.8 Å². The fraction of sp³-hybridized carbons (Fsp3) is 0.0909. The first-order valence-corrected chi connectivity index (χ1v) is 9.32. The number of hydrazone groups is 1. The van der Waals surface area contributed by atoms with Gasteiger partial charge in [0.25, 0.3) is 5.91 Å². The van der Waals surface area contributed by atoms with Crippen LogP contribution in [-0.4, -0.2) is 16.7 Å². The molecule has 0 bridgehead atoms. The average Bonchev–Trinajstić information content (AvgIpc) is 2.74. The highest BCUT2D eigenvalue weighted by molar-refractivity contribution is 6.42. The Balaban J connectivity index is 1.93. The summed E-state index contributed by atoms with van der Waals surface area (Å²) >= 11 is 12.0. The number of rotatable bonds is 5. The fourth-order valence-electron chi connectivity index (χ4n) is 2.79. The van der Waals surface area contributed by atoms with Crippen molar-refractivity contribution in [2.45, 2.75) is 12.5 Å². The van der Waals surface area contributed by atoms with Crippen LogP contribution in [0.5, 0.6) is 0 Å². The molecule has 3 aromatic carbocycles. The molecule has 2 N–H and O–H groups in total. The van der Waals surface area contributed by atoms with E-state index in [2.05, 4.69) is 10.5 Å². The zero-order valence-corrected chi connectivity index (χ0v) is 16.6. The molecule has 0 heterocycles. The molecule has 28 heavy (non-hydrogen) atoms. The highest BCUT2D eigenvalue weighted by Gasteiger charge is 2.39. The van der Waals surface area contributed by atoms with Crippen LogP contribution in [-0.2, 0) is 10.4 Å². The first kappa shape index (κ1) is 20.1. The van der Waals surface area contributed by atoms with E-state index < -0.39 is 11.5 Å². The second-order valence-corrected chi connectivity index (χ2v) is 7.02. The second kappa shape index (κ2) is 8.57. The van der Waals surface area contributed by atoms with Gasteiger partial charge in [-0.25, -0.2) is 5.43 Å². The van der Waals surface area contributed by atoms with E-state index in [1.54, 1.807) is 73.7 Å². The van der Waals surface area contributed by atoms with Gasteiger partial charge in [0, 0.05) is 0 Å². The summed E-state index contributed by atoms with van der Waals surface area (Å²) in [5.74, 6) is -0.663. The van der Waals surface area contributed by atoms with Crippen LogP contribution in [0.1, 0.15) is 23.6 Å². The zero-order valence-electron chi connectivity index (χ0n) is 15.1. The zero-order chi connectivity index (χ0) is 20.1. The molecule has 0 aliphatic rings. The number of halogens is 2. The summed E-state index contributed by atoms with van der Waals surface area (Å²) in [6.45, 7) is 1.73. The number of nitrogens with zero attached hydrogens (tertiary/aromatic N) is 1. The summed E-state index contributed by atoms with van der Waals surface area (Å²) < 4.78 is 0.